The van der Waals surface area contributed by atoms with Gasteiger partial charge < -0.3 is 4.74 Å². The maximum atomic E-state index is 11.2. The van der Waals surface area contributed by atoms with Gasteiger partial charge in [-0.15, -0.1) is 0 Å². The van der Waals surface area contributed by atoms with Crippen molar-refractivity contribution in [1.29, 1.82) is 0 Å². The highest BCUT2D eigenvalue weighted by molar-refractivity contribution is 5.86. The Morgan fingerprint density at radius 2 is 2.19 bits per heavy atom. The Hall–Kier alpha value is -1.06. The van der Waals surface area contributed by atoms with Crippen LogP contribution in [0.2, 0.25) is 0 Å². The molecule has 1 saturated carbocycles. The second kappa shape index (κ2) is 7.25. The van der Waals surface area contributed by atoms with Crippen molar-refractivity contribution in [1.82, 2.24) is 5.43 Å². The van der Waals surface area contributed by atoms with E-state index in [1.165, 1.54) is 12.8 Å². The number of carbonyl (C=O) groups is 1. The zero-order valence-electron chi connectivity index (χ0n) is 10.3. The second-order valence-corrected chi connectivity index (χ2v) is 4.46. The zero-order valence-corrected chi connectivity index (χ0v) is 10.3. The molecular formula is C12H22N2O2. The summed E-state index contributed by atoms with van der Waals surface area (Å²) < 4.78 is 4.94. The van der Waals surface area contributed by atoms with Crippen LogP contribution >= 0.6 is 0 Å². The van der Waals surface area contributed by atoms with E-state index in [1.807, 2.05) is 0 Å². The van der Waals surface area contributed by atoms with Gasteiger partial charge in [0.1, 0.15) is 0 Å². The normalized spacial score (nSPS) is 20.4. The second-order valence-electron chi connectivity index (χ2n) is 4.46. The molecule has 1 rings (SSSR count). The van der Waals surface area contributed by atoms with Gasteiger partial charge >= 0.3 is 6.09 Å². The number of carbonyl (C=O) groups excluding carboxylic acids is 1. The van der Waals surface area contributed by atoms with Crippen LogP contribution < -0.4 is 5.43 Å². The predicted octanol–water partition coefficient (Wildman–Crippen LogP) is 3.08. The van der Waals surface area contributed by atoms with Crippen LogP contribution in [0.5, 0.6) is 0 Å². The molecule has 4 nitrogen and oxygen atoms in total. The Morgan fingerprint density at radius 3 is 2.81 bits per heavy atom. The van der Waals surface area contributed by atoms with Crippen molar-refractivity contribution in [3.8, 4) is 0 Å². The number of nitrogens with one attached hydrogen (secondary N) is 1. The number of ether oxygens (including phenoxy) is 1. The molecule has 0 saturated heterocycles. The van der Waals surface area contributed by atoms with Gasteiger partial charge in [-0.25, -0.2) is 10.2 Å². The van der Waals surface area contributed by atoms with Crippen molar-refractivity contribution in [3.63, 3.8) is 0 Å². The molecule has 0 heterocycles. The summed E-state index contributed by atoms with van der Waals surface area (Å²) in [6.45, 7) is 4.79. The van der Waals surface area contributed by atoms with Crippen LogP contribution in [0, 0.1) is 5.92 Å². The minimum atomic E-state index is -0.431. The first-order chi connectivity index (χ1) is 7.72. The van der Waals surface area contributed by atoms with E-state index in [9.17, 15) is 4.79 Å². The van der Waals surface area contributed by atoms with Crippen LogP contribution in [0.15, 0.2) is 5.10 Å². The molecule has 0 spiro atoms. The summed E-state index contributed by atoms with van der Waals surface area (Å²) in [6.07, 6.45) is 5.84. The lowest BCUT2D eigenvalue weighted by Gasteiger charge is -2.18. The Labute approximate surface area is 97.4 Å². The van der Waals surface area contributed by atoms with Crippen molar-refractivity contribution in [2.24, 2.45) is 11.0 Å². The minimum Gasteiger partial charge on any atom is -0.448 e. The molecule has 0 aromatic carbocycles. The van der Waals surface area contributed by atoms with Gasteiger partial charge in [-0.1, -0.05) is 20.3 Å². The average molecular weight is 226 g/mol. The summed E-state index contributed by atoms with van der Waals surface area (Å²) in [4.78, 5) is 11.2. The monoisotopic (exact) mass is 226 g/mol. The molecule has 0 bridgehead atoms. The van der Waals surface area contributed by atoms with Gasteiger partial charge in [-0.05, 0) is 38.0 Å². The number of unbranched alkanes of at least 4 members (excludes halogenated alkanes) is 1. The number of hydrazone groups is 1. The van der Waals surface area contributed by atoms with Crippen molar-refractivity contribution in [3.05, 3.63) is 0 Å². The lowest BCUT2D eigenvalue weighted by molar-refractivity contribution is 0.145. The predicted molar refractivity (Wildman–Crippen MR) is 64.5 cm³/mol. The highest BCUT2D eigenvalue weighted by Crippen LogP contribution is 2.20. The molecule has 92 valence electrons. The molecule has 0 aliphatic heterocycles. The smallest absolute Gasteiger partial charge is 0.427 e. The van der Waals surface area contributed by atoms with Gasteiger partial charge in [0.2, 0.25) is 0 Å². The fraction of sp³-hybridized carbons (Fsp3) is 0.833. The van der Waals surface area contributed by atoms with E-state index in [4.69, 9.17) is 4.74 Å². The van der Waals surface area contributed by atoms with Gasteiger partial charge in [0, 0.05) is 5.71 Å². The van der Waals surface area contributed by atoms with Crippen LogP contribution in [0.3, 0.4) is 0 Å². The molecule has 1 aliphatic carbocycles. The largest absolute Gasteiger partial charge is 0.448 e. The Balaban J connectivity index is 2.17. The molecule has 0 atom stereocenters. The standard InChI is InChI=1S/C12H22N2O2/c1-3-4-9-16-12(15)14-13-11-7-5-10(2)6-8-11/h10H,3-9H2,1-2H3,(H,14,15). The van der Waals surface area contributed by atoms with Crippen molar-refractivity contribution in [2.75, 3.05) is 6.61 Å². The summed E-state index contributed by atoms with van der Waals surface area (Å²) >= 11 is 0. The number of amides is 1. The van der Waals surface area contributed by atoms with Gasteiger partial charge in [-0.3, -0.25) is 0 Å². The van der Waals surface area contributed by atoms with E-state index in [2.05, 4.69) is 24.4 Å². The van der Waals surface area contributed by atoms with Gasteiger partial charge in [0.25, 0.3) is 0 Å². The molecule has 0 unspecified atom stereocenters. The van der Waals surface area contributed by atoms with Crippen molar-refractivity contribution >= 4 is 11.8 Å². The zero-order chi connectivity index (χ0) is 11.8. The van der Waals surface area contributed by atoms with Crippen molar-refractivity contribution in [2.45, 2.75) is 52.4 Å². The van der Waals surface area contributed by atoms with E-state index in [0.717, 1.165) is 37.3 Å². The summed E-state index contributed by atoms with van der Waals surface area (Å²) in [7, 11) is 0. The third-order valence-corrected chi connectivity index (χ3v) is 2.89. The summed E-state index contributed by atoms with van der Waals surface area (Å²) in [5.41, 5.74) is 3.54. The van der Waals surface area contributed by atoms with Crippen LogP contribution in [0.1, 0.15) is 52.4 Å². The molecule has 0 radical (unpaired) electrons. The molecule has 1 N–H and O–H groups in total. The van der Waals surface area contributed by atoms with Crippen LogP contribution in [-0.2, 0) is 4.74 Å². The van der Waals surface area contributed by atoms with E-state index >= 15 is 0 Å². The highest BCUT2D eigenvalue weighted by atomic mass is 16.5. The first kappa shape index (κ1) is 13.0. The summed E-state index contributed by atoms with van der Waals surface area (Å²) in [6, 6.07) is 0. The van der Waals surface area contributed by atoms with E-state index < -0.39 is 6.09 Å². The third-order valence-electron chi connectivity index (χ3n) is 2.89. The fourth-order valence-electron chi connectivity index (χ4n) is 1.67. The Bertz CT molecular complexity index is 241. The minimum absolute atomic E-state index is 0.431. The number of rotatable bonds is 4. The quantitative estimate of drug-likeness (QED) is 0.591. The molecule has 1 fully saturated rings. The Kier molecular flexibility index (Phi) is 5.90. The Morgan fingerprint density at radius 1 is 1.50 bits per heavy atom. The molecule has 0 aromatic heterocycles. The SMILES string of the molecule is CCCCOC(=O)NN=C1CCC(C)CC1. The van der Waals surface area contributed by atoms with Crippen molar-refractivity contribution < 1.29 is 9.53 Å². The summed E-state index contributed by atoms with van der Waals surface area (Å²) in [5.74, 6) is 0.787. The van der Waals surface area contributed by atoms with Gasteiger partial charge in [-0.2, -0.15) is 5.10 Å². The first-order valence-electron chi connectivity index (χ1n) is 6.20. The molecule has 16 heavy (non-hydrogen) atoms. The summed E-state index contributed by atoms with van der Waals surface area (Å²) in [5, 5.41) is 4.09. The lowest BCUT2D eigenvalue weighted by atomic mass is 9.90. The lowest BCUT2D eigenvalue weighted by Crippen LogP contribution is -2.22. The van der Waals surface area contributed by atoms with Crippen LogP contribution in [0.4, 0.5) is 4.79 Å². The average Bonchev–Trinajstić information content (AvgIpc) is 2.29. The van der Waals surface area contributed by atoms with E-state index in [0.29, 0.717) is 6.61 Å². The maximum Gasteiger partial charge on any atom is 0.427 e. The van der Waals surface area contributed by atoms with Gasteiger partial charge in [0.05, 0.1) is 6.61 Å². The molecule has 4 heteroatoms. The third kappa shape index (κ3) is 5.14. The first-order valence-corrected chi connectivity index (χ1v) is 6.20. The maximum absolute atomic E-state index is 11.2. The molecule has 1 aliphatic rings. The number of hydrogen-bond donors (Lipinski definition) is 1. The van der Waals surface area contributed by atoms with Gasteiger partial charge in [0.15, 0.2) is 0 Å². The van der Waals surface area contributed by atoms with E-state index in [1.54, 1.807) is 0 Å². The molecule has 0 aromatic rings. The van der Waals surface area contributed by atoms with Crippen LogP contribution in [-0.4, -0.2) is 18.4 Å². The highest BCUT2D eigenvalue weighted by Gasteiger charge is 2.13. The number of nitrogens with zero attached hydrogens (tertiary/aromatic N) is 1. The topological polar surface area (TPSA) is 50.7 Å². The molecule has 1 amide bonds. The van der Waals surface area contributed by atoms with Crippen LogP contribution in [0.25, 0.3) is 0 Å². The number of hydrogen-bond acceptors (Lipinski definition) is 3. The van der Waals surface area contributed by atoms with E-state index in [-0.39, 0.29) is 0 Å². The molecular weight excluding hydrogens is 204 g/mol. The fourth-order valence-corrected chi connectivity index (χ4v) is 1.67.